The Hall–Kier alpha value is -2.09. The van der Waals surface area contributed by atoms with E-state index in [2.05, 4.69) is 36.0 Å². The monoisotopic (exact) mass is 223 g/mol. The van der Waals surface area contributed by atoms with Gasteiger partial charge in [-0.15, -0.1) is 5.16 Å². The summed E-state index contributed by atoms with van der Waals surface area (Å²) in [4.78, 5) is 0. The standard InChI is InChI=1S/C15H13NO/c1-10-12-7-3-5-11-6-4-8-13(14(11)12)15(10,2)9-16-17/h3-9,17H,1H2,2H3/b16-9+. The minimum atomic E-state index is -0.405. The van der Waals surface area contributed by atoms with Gasteiger partial charge in [-0.2, -0.15) is 0 Å². The van der Waals surface area contributed by atoms with Gasteiger partial charge < -0.3 is 5.21 Å². The molecule has 0 aliphatic heterocycles. The molecule has 0 saturated heterocycles. The molecule has 1 atom stereocenters. The Labute approximate surface area is 99.9 Å². The number of rotatable bonds is 1. The molecular formula is C15H13NO. The minimum absolute atomic E-state index is 0.405. The summed E-state index contributed by atoms with van der Waals surface area (Å²) in [5.74, 6) is 0. The van der Waals surface area contributed by atoms with Crippen LogP contribution in [-0.4, -0.2) is 11.4 Å². The zero-order valence-corrected chi connectivity index (χ0v) is 9.64. The normalized spacial score (nSPS) is 22.8. The maximum absolute atomic E-state index is 8.87. The highest BCUT2D eigenvalue weighted by Gasteiger charge is 2.37. The molecule has 1 N–H and O–H groups in total. The van der Waals surface area contributed by atoms with Gasteiger partial charge in [0.25, 0.3) is 0 Å². The smallest absolute Gasteiger partial charge is 0.0583 e. The van der Waals surface area contributed by atoms with Gasteiger partial charge >= 0.3 is 0 Å². The van der Waals surface area contributed by atoms with Crippen LogP contribution >= 0.6 is 0 Å². The highest BCUT2D eigenvalue weighted by atomic mass is 16.4. The molecule has 0 aromatic heterocycles. The van der Waals surface area contributed by atoms with Crippen molar-refractivity contribution in [1.82, 2.24) is 0 Å². The summed E-state index contributed by atoms with van der Waals surface area (Å²) in [5, 5.41) is 14.5. The van der Waals surface area contributed by atoms with Gasteiger partial charge in [0, 0.05) is 0 Å². The van der Waals surface area contributed by atoms with Gasteiger partial charge in [0.05, 0.1) is 11.6 Å². The van der Waals surface area contributed by atoms with E-state index in [-0.39, 0.29) is 0 Å². The van der Waals surface area contributed by atoms with Gasteiger partial charge in [-0.25, -0.2) is 0 Å². The molecule has 17 heavy (non-hydrogen) atoms. The summed E-state index contributed by atoms with van der Waals surface area (Å²) >= 11 is 0. The van der Waals surface area contributed by atoms with Gasteiger partial charge in [-0.3, -0.25) is 0 Å². The van der Waals surface area contributed by atoms with Gasteiger partial charge in [-0.1, -0.05) is 43.0 Å². The molecule has 0 amide bonds. The largest absolute Gasteiger partial charge is 0.411 e. The first-order valence-electron chi connectivity index (χ1n) is 5.59. The van der Waals surface area contributed by atoms with E-state index in [4.69, 9.17) is 5.21 Å². The molecule has 2 heteroatoms. The fourth-order valence-corrected chi connectivity index (χ4v) is 2.73. The van der Waals surface area contributed by atoms with Crippen molar-refractivity contribution in [2.75, 3.05) is 0 Å². The second-order valence-corrected chi connectivity index (χ2v) is 4.63. The van der Waals surface area contributed by atoms with E-state index in [9.17, 15) is 0 Å². The molecule has 0 saturated carbocycles. The van der Waals surface area contributed by atoms with Crippen LogP contribution in [-0.2, 0) is 5.41 Å². The number of allylic oxidation sites excluding steroid dienone is 1. The molecule has 1 aliphatic rings. The fourth-order valence-electron chi connectivity index (χ4n) is 2.73. The number of oxime groups is 1. The quantitative estimate of drug-likeness (QED) is 0.447. The average Bonchev–Trinajstić information content (AvgIpc) is 2.55. The van der Waals surface area contributed by atoms with Crippen molar-refractivity contribution in [3.8, 4) is 0 Å². The number of hydrogen-bond acceptors (Lipinski definition) is 2. The number of hydrogen-bond donors (Lipinski definition) is 1. The predicted molar refractivity (Wildman–Crippen MR) is 70.6 cm³/mol. The molecule has 0 bridgehead atoms. The lowest BCUT2D eigenvalue weighted by molar-refractivity contribution is 0.319. The lowest BCUT2D eigenvalue weighted by atomic mass is 9.81. The third-order valence-electron chi connectivity index (χ3n) is 3.73. The van der Waals surface area contributed by atoms with E-state index in [0.29, 0.717) is 0 Å². The first-order chi connectivity index (χ1) is 8.18. The molecule has 1 aliphatic carbocycles. The summed E-state index contributed by atoms with van der Waals surface area (Å²) in [6, 6.07) is 12.4. The topological polar surface area (TPSA) is 32.6 Å². The third-order valence-corrected chi connectivity index (χ3v) is 3.73. The van der Waals surface area contributed by atoms with Crippen LogP contribution in [0.15, 0.2) is 48.1 Å². The van der Waals surface area contributed by atoms with Crippen molar-refractivity contribution >= 4 is 22.6 Å². The number of benzene rings is 2. The summed E-state index contributed by atoms with van der Waals surface area (Å²) < 4.78 is 0. The number of nitrogens with zero attached hydrogens (tertiary/aromatic N) is 1. The van der Waals surface area contributed by atoms with Crippen molar-refractivity contribution in [3.05, 3.63) is 54.1 Å². The second-order valence-electron chi connectivity index (χ2n) is 4.63. The Bertz CT molecular complexity index is 652. The molecule has 0 heterocycles. The molecule has 0 fully saturated rings. The highest BCUT2D eigenvalue weighted by molar-refractivity contribution is 6.11. The Kier molecular flexibility index (Phi) is 1.90. The SMILES string of the molecule is C=C1c2cccc3cccc(c23)C1(C)/C=N/O. The molecule has 2 aromatic rings. The van der Waals surface area contributed by atoms with Crippen LogP contribution in [0, 0.1) is 0 Å². The van der Waals surface area contributed by atoms with Crippen molar-refractivity contribution in [3.63, 3.8) is 0 Å². The van der Waals surface area contributed by atoms with Crippen molar-refractivity contribution in [2.45, 2.75) is 12.3 Å². The van der Waals surface area contributed by atoms with Gasteiger partial charge in [0.2, 0.25) is 0 Å². The fraction of sp³-hybridized carbons (Fsp3) is 0.133. The Morgan fingerprint density at radius 1 is 1.24 bits per heavy atom. The van der Waals surface area contributed by atoms with Crippen LogP contribution in [0.5, 0.6) is 0 Å². The minimum Gasteiger partial charge on any atom is -0.411 e. The van der Waals surface area contributed by atoms with Crippen LogP contribution in [0.3, 0.4) is 0 Å². The molecule has 0 radical (unpaired) electrons. The molecule has 84 valence electrons. The highest BCUT2D eigenvalue weighted by Crippen LogP contribution is 2.48. The summed E-state index contributed by atoms with van der Waals surface area (Å²) in [5.41, 5.74) is 2.90. The zero-order valence-electron chi connectivity index (χ0n) is 9.64. The predicted octanol–water partition coefficient (Wildman–Crippen LogP) is 3.58. The molecule has 1 unspecified atom stereocenters. The summed E-state index contributed by atoms with van der Waals surface area (Å²) in [7, 11) is 0. The Balaban J connectivity index is 2.46. The van der Waals surface area contributed by atoms with Crippen LogP contribution in [0.1, 0.15) is 18.1 Å². The lowest BCUT2D eigenvalue weighted by Gasteiger charge is -2.21. The molecule has 0 spiro atoms. The third kappa shape index (κ3) is 1.12. The molecule has 3 rings (SSSR count). The molecule has 2 nitrogen and oxygen atoms in total. The van der Waals surface area contributed by atoms with Crippen LogP contribution in [0.25, 0.3) is 16.3 Å². The zero-order chi connectivity index (χ0) is 12.0. The van der Waals surface area contributed by atoms with E-state index in [1.54, 1.807) is 6.21 Å². The van der Waals surface area contributed by atoms with E-state index in [1.807, 2.05) is 19.1 Å². The first kappa shape index (κ1) is 10.1. The van der Waals surface area contributed by atoms with E-state index in [0.717, 1.165) is 16.7 Å². The van der Waals surface area contributed by atoms with Crippen molar-refractivity contribution in [1.29, 1.82) is 0 Å². The first-order valence-corrected chi connectivity index (χ1v) is 5.59. The van der Waals surface area contributed by atoms with Gasteiger partial charge in [0.1, 0.15) is 0 Å². The maximum atomic E-state index is 8.87. The van der Waals surface area contributed by atoms with Gasteiger partial charge in [0.15, 0.2) is 0 Å². The van der Waals surface area contributed by atoms with Gasteiger partial charge in [-0.05, 0) is 34.4 Å². The van der Waals surface area contributed by atoms with E-state index >= 15 is 0 Å². The Morgan fingerprint density at radius 2 is 1.94 bits per heavy atom. The second kappa shape index (κ2) is 3.20. The maximum Gasteiger partial charge on any atom is 0.0583 e. The summed E-state index contributed by atoms with van der Waals surface area (Å²) in [6.07, 6.45) is 1.56. The van der Waals surface area contributed by atoms with Crippen LogP contribution < -0.4 is 0 Å². The Morgan fingerprint density at radius 3 is 2.65 bits per heavy atom. The van der Waals surface area contributed by atoms with Crippen LogP contribution in [0.2, 0.25) is 0 Å². The van der Waals surface area contributed by atoms with E-state index in [1.165, 1.54) is 10.8 Å². The molecule has 2 aromatic carbocycles. The molecular weight excluding hydrogens is 210 g/mol. The average molecular weight is 223 g/mol. The lowest BCUT2D eigenvalue weighted by Crippen LogP contribution is -2.21. The van der Waals surface area contributed by atoms with Crippen molar-refractivity contribution in [2.24, 2.45) is 5.16 Å². The van der Waals surface area contributed by atoms with Crippen molar-refractivity contribution < 1.29 is 5.21 Å². The van der Waals surface area contributed by atoms with Crippen LogP contribution in [0.4, 0.5) is 0 Å². The van der Waals surface area contributed by atoms with E-state index < -0.39 is 5.41 Å². The summed E-state index contributed by atoms with van der Waals surface area (Å²) in [6.45, 7) is 6.20.